The van der Waals surface area contributed by atoms with Crippen LogP contribution in [0.2, 0.25) is 0 Å². The lowest BCUT2D eigenvalue weighted by atomic mass is 9.59. The van der Waals surface area contributed by atoms with Gasteiger partial charge in [-0.3, -0.25) is 14.8 Å². The van der Waals surface area contributed by atoms with Crippen LogP contribution in [0.25, 0.3) is 0 Å². The number of allylic oxidation sites excluding steroid dienone is 1. The van der Waals surface area contributed by atoms with Crippen molar-refractivity contribution in [1.29, 1.82) is 0 Å². The lowest BCUT2D eigenvalue weighted by Gasteiger charge is -2.56. The van der Waals surface area contributed by atoms with Crippen LogP contribution in [0.4, 0.5) is 0 Å². The number of aromatic nitrogens is 1. The van der Waals surface area contributed by atoms with Gasteiger partial charge in [0.2, 0.25) is 0 Å². The van der Waals surface area contributed by atoms with E-state index in [1.165, 1.54) is 102 Å². The molecule has 4 aliphatic heterocycles. The molecule has 1 aromatic heterocycles. The number of pyridine rings is 1. The van der Waals surface area contributed by atoms with Crippen molar-refractivity contribution in [3.63, 3.8) is 0 Å². The minimum Gasteiger partial charge on any atom is -0.359 e. The first kappa shape index (κ1) is 23.4. The molecule has 1 unspecified atom stereocenters. The van der Waals surface area contributed by atoms with Crippen LogP contribution in [0.5, 0.6) is 0 Å². The molecule has 1 aromatic rings. The Bertz CT molecular complexity index is 1150. The normalized spacial score (nSPS) is 43.9. The van der Waals surface area contributed by atoms with Crippen LogP contribution >= 0.6 is 0 Å². The van der Waals surface area contributed by atoms with Crippen molar-refractivity contribution < 1.29 is 4.74 Å². The fourth-order valence-electron chi connectivity index (χ4n) is 10.1. The van der Waals surface area contributed by atoms with E-state index in [1.54, 1.807) is 11.1 Å². The van der Waals surface area contributed by atoms with Crippen LogP contribution < -0.4 is 0 Å². The molecule has 7 aliphatic rings. The van der Waals surface area contributed by atoms with Crippen molar-refractivity contribution in [2.45, 2.75) is 94.5 Å². The van der Waals surface area contributed by atoms with Crippen molar-refractivity contribution in [3.05, 3.63) is 52.9 Å². The molecule has 4 fully saturated rings. The molecule has 2 saturated carbocycles. The van der Waals surface area contributed by atoms with Crippen molar-refractivity contribution >= 4 is 0 Å². The van der Waals surface area contributed by atoms with E-state index < -0.39 is 0 Å². The van der Waals surface area contributed by atoms with Crippen LogP contribution in [0, 0.1) is 11.3 Å². The van der Waals surface area contributed by atoms with Crippen LogP contribution in [0.15, 0.2) is 41.8 Å². The number of likely N-dealkylation sites (N-methyl/N-ethyl adjacent to an activating group) is 1. The third-order valence-corrected chi connectivity index (χ3v) is 12.1. The average molecular weight is 501 g/mol. The quantitative estimate of drug-likeness (QED) is 0.593. The predicted octanol–water partition coefficient (Wildman–Crippen LogP) is 4.58. The van der Waals surface area contributed by atoms with E-state index in [9.17, 15) is 0 Å². The molecular weight excluding hydrogens is 456 g/mol. The Kier molecular flexibility index (Phi) is 5.20. The zero-order valence-electron chi connectivity index (χ0n) is 22.9. The molecule has 0 radical (unpaired) electrons. The van der Waals surface area contributed by atoms with E-state index >= 15 is 0 Å². The van der Waals surface area contributed by atoms with Crippen LogP contribution in [-0.2, 0) is 17.7 Å². The summed E-state index contributed by atoms with van der Waals surface area (Å²) in [5.41, 5.74) is 6.42. The minimum absolute atomic E-state index is 0.00960. The highest BCUT2D eigenvalue weighted by molar-refractivity contribution is 5.47. The Labute approximate surface area is 222 Å². The molecular formula is C32H44N4O. The number of nitrogens with zero attached hydrogens (tertiary/aromatic N) is 4. The zero-order chi connectivity index (χ0) is 24.8. The first-order valence-electron chi connectivity index (χ1n) is 15.2. The van der Waals surface area contributed by atoms with Crippen LogP contribution in [0.3, 0.4) is 0 Å². The maximum absolute atomic E-state index is 7.59. The Morgan fingerprint density at radius 1 is 0.973 bits per heavy atom. The summed E-state index contributed by atoms with van der Waals surface area (Å²) in [5.74, 6) is 0.640. The molecule has 5 nitrogen and oxygen atoms in total. The number of hydrogen-bond acceptors (Lipinski definition) is 5. The van der Waals surface area contributed by atoms with E-state index in [2.05, 4.69) is 58.1 Å². The van der Waals surface area contributed by atoms with Crippen LogP contribution in [-0.4, -0.2) is 82.7 Å². The fourth-order valence-corrected chi connectivity index (χ4v) is 10.1. The van der Waals surface area contributed by atoms with Crippen molar-refractivity contribution in [2.24, 2.45) is 11.3 Å². The predicted molar refractivity (Wildman–Crippen MR) is 146 cm³/mol. The van der Waals surface area contributed by atoms with Crippen molar-refractivity contribution in [1.82, 2.24) is 19.7 Å². The molecule has 37 heavy (non-hydrogen) atoms. The van der Waals surface area contributed by atoms with Gasteiger partial charge in [0.25, 0.3) is 0 Å². The third-order valence-electron chi connectivity index (χ3n) is 12.1. The molecule has 6 atom stereocenters. The average Bonchev–Trinajstić information content (AvgIpc) is 3.43. The summed E-state index contributed by atoms with van der Waals surface area (Å²) in [6.45, 7) is 9.76. The zero-order valence-corrected chi connectivity index (χ0v) is 22.9. The van der Waals surface area contributed by atoms with E-state index in [0.29, 0.717) is 23.4 Å². The second kappa shape index (κ2) is 8.24. The van der Waals surface area contributed by atoms with Gasteiger partial charge in [0.15, 0.2) is 0 Å². The maximum Gasteiger partial charge on any atom is 0.0975 e. The summed E-state index contributed by atoms with van der Waals surface area (Å²) in [6, 6.07) is 3.57. The van der Waals surface area contributed by atoms with Gasteiger partial charge >= 0.3 is 0 Å². The van der Waals surface area contributed by atoms with Gasteiger partial charge in [0, 0.05) is 63.7 Å². The van der Waals surface area contributed by atoms with Gasteiger partial charge in [0.05, 0.1) is 11.2 Å². The number of ether oxygens (including phenoxy) is 1. The molecule has 2 spiro atoms. The van der Waals surface area contributed by atoms with Crippen molar-refractivity contribution in [2.75, 3.05) is 39.8 Å². The second-order valence-electron chi connectivity index (χ2n) is 13.8. The van der Waals surface area contributed by atoms with Gasteiger partial charge in [-0.25, -0.2) is 0 Å². The van der Waals surface area contributed by atoms with Gasteiger partial charge < -0.3 is 9.64 Å². The molecule has 8 rings (SSSR count). The van der Waals surface area contributed by atoms with Gasteiger partial charge in [-0.15, -0.1) is 0 Å². The third kappa shape index (κ3) is 3.33. The lowest BCUT2D eigenvalue weighted by Crippen LogP contribution is -2.58. The standard InChI is InChI=1S/C32H44N4O/c1-30-10-7-26-19-25-3-4-27(35-17-15-34(2)16-18-35)20-31(25)11-12-32(26,37-31)28(30)5-6-29(30)36-14-9-23-8-13-33-21-24(23)22-36/h7-8,13,19,21,27-29H,3-6,9-12,14-18,20,22H2,1-2H3/t27-,28-,29+,30?,31-,32-/m1/s1. The molecule has 0 aromatic carbocycles. The number of piperazine rings is 1. The van der Waals surface area contributed by atoms with Gasteiger partial charge in [-0.1, -0.05) is 19.1 Å². The molecule has 2 bridgehead atoms. The Morgan fingerprint density at radius 3 is 2.76 bits per heavy atom. The maximum atomic E-state index is 7.59. The molecule has 0 N–H and O–H groups in total. The summed E-state index contributed by atoms with van der Waals surface area (Å²) < 4.78 is 7.59. The largest absolute Gasteiger partial charge is 0.359 e. The van der Waals surface area contributed by atoms with Gasteiger partial charge in [-0.05, 0) is 105 Å². The topological polar surface area (TPSA) is 31.8 Å². The van der Waals surface area contributed by atoms with E-state index in [0.717, 1.165) is 6.54 Å². The minimum atomic E-state index is -0.0372. The SMILES string of the molecule is CN1CCN([C@@H]2CCC3=CC4=CCC5(C)[C@@H](N6CCc7ccncc7C6)CC[C@H]5[C@@]45CC[C@]3(C2)O5)CC1. The Morgan fingerprint density at radius 2 is 1.86 bits per heavy atom. The van der Waals surface area contributed by atoms with Gasteiger partial charge in [0.1, 0.15) is 0 Å². The van der Waals surface area contributed by atoms with Crippen LogP contribution in [0.1, 0.15) is 69.4 Å². The smallest absolute Gasteiger partial charge is 0.0975 e. The van der Waals surface area contributed by atoms with Crippen molar-refractivity contribution in [3.8, 4) is 0 Å². The molecule has 0 amide bonds. The molecule has 5 heterocycles. The summed E-state index contributed by atoms with van der Waals surface area (Å²) >= 11 is 0. The highest BCUT2D eigenvalue weighted by Gasteiger charge is 2.67. The second-order valence-corrected chi connectivity index (χ2v) is 13.8. The van der Waals surface area contributed by atoms with E-state index in [4.69, 9.17) is 4.74 Å². The molecule has 5 heteroatoms. The lowest BCUT2D eigenvalue weighted by molar-refractivity contribution is -0.146. The fraction of sp³-hybridized carbons (Fsp3) is 0.719. The van der Waals surface area contributed by atoms with E-state index in [1.807, 2.05) is 6.20 Å². The van der Waals surface area contributed by atoms with E-state index in [-0.39, 0.29) is 11.2 Å². The molecule has 198 valence electrons. The number of fused-ring (bicyclic) bond motifs is 2. The first-order valence-corrected chi connectivity index (χ1v) is 15.2. The molecule has 2 saturated heterocycles. The van der Waals surface area contributed by atoms with Gasteiger partial charge in [-0.2, -0.15) is 0 Å². The summed E-state index contributed by atoms with van der Waals surface area (Å²) in [6.07, 6.45) is 20.6. The highest BCUT2D eigenvalue weighted by atomic mass is 16.5. The summed E-state index contributed by atoms with van der Waals surface area (Å²) in [7, 11) is 2.27. The highest BCUT2D eigenvalue weighted by Crippen LogP contribution is 2.67. The Hall–Kier alpha value is -1.53. The summed E-state index contributed by atoms with van der Waals surface area (Å²) in [5, 5.41) is 0. The number of hydrogen-bond donors (Lipinski definition) is 0. The summed E-state index contributed by atoms with van der Waals surface area (Å²) in [4.78, 5) is 12.6. The Balaban J connectivity index is 1.07. The monoisotopic (exact) mass is 500 g/mol. The molecule has 3 aliphatic carbocycles. The number of rotatable bonds is 2. The first-order chi connectivity index (χ1) is 18.0.